The topological polar surface area (TPSA) is 71.2 Å². The summed E-state index contributed by atoms with van der Waals surface area (Å²) in [4.78, 5) is 0. The maximum absolute atomic E-state index is 8.92. The first-order valence-electron chi connectivity index (χ1n) is 3.30. The van der Waals surface area contributed by atoms with Crippen LogP contribution in [0.15, 0.2) is 12.7 Å². The van der Waals surface area contributed by atoms with Crippen LogP contribution < -0.4 is 0 Å². The van der Waals surface area contributed by atoms with Crippen LogP contribution in [0.3, 0.4) is 0 Å². The molecule has 1 rings (SSSR count). The smallest absolute Gasteiger partial charge is 0.119 e. The zero-order valence-corrected chi connectivity index (χ0v) is 6.30. The molecule has 0 aliphatic carbocycles. The van der Waals surface area contributed by atoms with Crippen molar-refractivity contribution in [2.45, 2.75) is 12.5 Å². The summed E-state index contributed by atoms with van der Waals surface area (Å²) in [6.07, 6.45) is 2.93. The van der Waals surface area contributed by atoms with E-state index in [4.69, 9.17) is 10.2 Å². The van der Waals surface area contributed by atoms with Crippen LogP contribution in [0.1, 0.15) is 6.92 Å². The lowest BCUT2D eigenvalue weighted by Gasteiger charge is -2.25. The molecule has 0 fully saturated rings. The van der Waals surface area contributed by atoms with Crippen LogP contribution in [-0.2, 0) is 5.54 Å². The summed E-state index contributed by atoms with van der Waals surface area (Å²) >= 11 is 0. The first-order valence-corrected chi connectivity index (χ1v) is 3.30. The molecule has 1 aromatic rings. The number of hydrogen-bond acceptors (Lipinski definition) is 4. The molecule has 5 heteroatoms. The predicted molar refractivity (Wildman–Crippen MR) is 37.8 cm³/mol. The highest BCUT2D eigenvalue weighted by molar-refractivity contribution is 4.83. The standard InChI is InChI=1S/C6H11N3O2/c1-6(2-10,3-11)9-4-7-8-5-9/h4-5,10-11H,2-3H2,1H3. The van der Waals surface area contributed by atoms with Crippen molar-refractivity contribution >= 4 is 0 Å². The van der Waals surface area contributed by atoms with E-state index >= 15 is 0 Å². The molecule has 0 atom stereocenters. The van der Waals surface area contributed by atoms with Crippen LogP contribution in [0.2, 0.25) is 0 Å². The molecule has 0 unspecified atom stereocenters. The zero-order valence-electron chi connectivity index (χ0n) is 6.30. The van der Waals surface area contributed by atoms with Crippen LogP contribution in [-0.4, -0.2) is 38.2 Å². The SMILES string of the molecule is CC(CO)(CO)n1cnnc1. The van der Waals surface area contributed by atoms with E-state index in [2.05, 4.69) is 10.2 Å². The van der Waals surface area contributed by atoms with Crippen LogP contribution in [0.5, 0.6) is 0 Å². The molecule has 0 aliphatic heterocycles. The Morgan fingerprint density at radius 1 is 1.27 bits per heavy atom. The van der Waals surface area contributed by atoms with Gasteiger partial charge in [0, 0.05) is 0 Å². The van der Waals surface area contributed by atoms with Gasteiger partial charge in [0.05, 0.1) is 18.8 Å². The third kappa shape index (κ3) is 1.38. The van der Waals surface area contributed by atoms with Crippen molar-refractivity contribution in [3.8, 4) is 0 Å². The number of hydrogen-bond donors (Lipinski definition) is 2. The van der Waals surface area contributed by atoms with E-state index in [-0.39, 0.29) is 13.2 Å². The molecule has 2 N–H and O–H groups in total. The van der Waals surface area contributed by atoms with E-state index in [0.717, 1.165) is 0 Å². The Morgan fingerprint density at radius 2 is 1.73 bits per heavy atom. The molecular weight excluding hydrogens is 146 g/mol. The third-order valence-corrected chi connectivity index (χ3v) is 1.72. The molecule has 0 radical (unpaired) electrons. The van der Waals surface area contributed by atoms with Gasteiger partial charge in [-0.25, -0.2) is 0 Å². The molecule has 0 aromatic carbocycles. The Hall–Kier alpha value is -0.940. The Labute approximate surface area is 64.3 Å². The highest BCUT2D eigenvalue weighted by Crippen LogP contribution is 2.11. The second-order valence-electron chi connectivity index (χ2n) is 2.68. The molecular formula is C6H11N3O2. The fourth-order valence-corrected chi connectivity index (χ4v) is 0.693. The Morgan fingerprint density at radius 3 is 2.09 bits per heavy atom. The summed E-state index contributed by atoms with van der Waals surface area (Å²) in [5.41, 5.74) is -0.691. The van der Waals surface area contributed by atoms with E-state index in [0.29, 0.717) is 0 Å². The van der Waals surface area contributed by atoms with E-state index in [1.54, 1.807) is 11.5 Å². The molecule has 62 valence electrons. The quantitative estimate of drug-likeness (QED) is 0.589. The van der Waals surface area contributed by atoms with Crippen molar-refractivity contribution in [2.24, 2.45) is 0 Å². The molecule has 0 saturated heterocycles. The van der Waals surface area contributed by atoms with Gasteiger partial charge in [0.1, 0.15) is 12.7 Å². The normalized spacial score (nSPS) is 11.9. The lowest BCUT2D eigenvalue weighted by Crippen LogP contribution is -2.37. The summed E-state index contributed by atoms with van der Waals surface area (Å²) < 4.78 is 1.58. The van der Waals surface area contributed by atoms with E-state index in [1.165, 1.54) is 12.7 Å². The molecule has 1 aromatic heterocycles. The summed E-state index contributed by atoms with van der Waals surface area (Å²) in [7, 11) is 0. The highest BCUT2D eigenvalue weighted by atomic mass is 16.3. The van der Waals surface area contributed by atoms with Crippen LogP contribution in [0.4, 0.5) is 0 Å². The molecule has 0 amide bonds. The molecule has 0 bridgehead atoms. The largest absolute Gasteiger partial charge is 0.394 e. The fourth-order valence-electron chi connectivity index (χ4n) is 0.693. The number of aromatic nitrogens is 3. The van der Waals surface area contributed by atoms with Crippen LogP contribution in [0.25, 0.3) is 0 Å². The van der Waals surface area contributed by atoms with E-state index in [1.807, 2.05) is 0 Å². The van der Waals surface area contributed by atoms with E-state index in [9.17, 15) is 0 Å². The van der Waals surface area contributed by atoms with Crippen molar-refractivity contribution in [1.29, 1.82) is 0 Å². The molecule has 0 saturated carbocycles. The summed E-state index contributed by atoms with van der Waals surface area (Å²) in [5.74, 6) is 0. The van der Waals surface area contributed by atoms with Crippen molar-refractivity contribution in [2.75, 3.05) is 13.2 Å². The number of nitrogens with zero attached hydrogens (tertiary/aromatic N) is 3. The molecule has 5 nitrogen and oxygen atoms in total. The third-order valence-electron chi connectivity index (χ3n) is 1.72. The molecule has 0 aliphatic rings. The van der Waals surface area contributed by atoms with Gasteiger partial charge < -0.3 is 14.8 Å². The van der Waals surface area contributed by atoms with Gasteiger partial charge in [-0.05, 0) is 6.92 Å². The van der Waals surface area contributed by atoms with Crippen LogP contribution in [0, 0.1) is 0 Å². The van der Waals surface area contributed by atoms with Crippen molar-refractivity contribution < 1.29 is 10.2 Å². The van der Waals surface area contributed by atoms with Gasteiger partial charge in [-0.2, -0.15) is 0 Å². The summed E-state index contributed by atoms with van der Waals surface area (Å²) in [6, 6.07) is 0. The maximum Gasteiger partial charge on any atom is 0.119 e. The van der Waals surface area contributed by atoms with Gasteiger partial charge >= 0.3 is 0 Å². The van der Waals surface area contributed by atoms with Gasteiger partial charge in [0.2, 0.25) is 0 Å². The van der Waals surface area contributed by atoms with Crippen LogP contribution >= 0.6 is 0 Å². The van der Waals surface area contributed by atoms with Gasteiger partial charge in [-0.1, -0.05) is 0 Å². The Kier molecular flexibility index (Phi) is 2.21. The fraction of sp³-hybridized carbons (Fsp3) is 0.667. The minimum absolute atomic E-state index is 0.137. The minimum atomic E-state index is -0.691. The average Bonchev–Trinajstić information content (AvgIpc) is 2.55. The van der Waals surface area contributed by atoms with Gasteiger partial charge in [-0.3, -0.25) is 0 Å². The second kappa shape index (κ2) is 2.98. The van der Waals surface area contributed by atoms with Crippen molar-refractivity contribution in [3.05, 3.63) is 12.7 Å². The molecule has 11 heavy (non-hydrogen) atoms. The number of aliphatic hydroxyl groups is 2. The zero-order chi connectivity index (χ0) is 8.32. The van der Waals surface area contributed by atoms with Crippen molar-refractivity contribution in [3.63, 3.8) is 0 Å². The first kappa shape index (κ1) is 8.16. The van der Waals surface area contributed by atoms with Gasteiger partial charge in [-0.15, -0.1) is 10.2 Å². The average molecular weight is 157 g/mol. The Bertz CT molecular complexity index is 206. The number of aliphatic hydroxyl groups excluding tert-OH is 2. The lowest BCUT2D eigenvalue weighted by atomic mass is 10.1. The van der Waals surface area contributed by atoms with Crippen molar-refractivity contribution in [1.82, 2.24) is 14.8 Å². The Balaban J connectivity index is 2.87. The minimum Gasteiger partial charge on any atom is -0.394 e. The molecule has 0 spiro atoms. The summed E-state index contributed by atoms with van der Waals surface area (Å²) in [6.45, 7) is 1.44. The molecule has 1 heterocycles. The maximum atomic E-state index is 8.92. The monoisotopic (exact) mass is 157 g/mol. The first-order chi connectivity index (χ1) is 5.23. The number of rotatable bonds is 3. The predicted octanol–water partition coefficient (Wildman–Crippen LogP) is -1.02. The van der Waals surface area contributed by atoms with Gasteiger partial charge in [0.25, 0.3) is 0 Å². The van der Waals surface area contributed by atoms with E-state index < -0.39 is 5.54 Å². The summed E-state index contributed by atoms with van der Waals surface area (Å²) in [5, 5.41) is 25.0. The van der Waals surface area contributed by atoms with Gasteiger partial charge in [0.15, 0.2) is 0 Å². The lowest BCUT2D eigenvalue weighted by molar-refractivity contribution is 0.0775. The second-order valence-corrected chi connectivity index (χ2v) is 2.68. The highest BCUT2D eigenvalue weighted by Gasteiger charge is 2.23.